The zero-order valence-electron chi connectivity index (χ0n) is 7.43. The predicted octanol–water partition coefficient (Wildman–Crippen LogP) is 0.465. The molecule has 0 saturated carbocycles. The quantitative estimate of drug-likeness (QED) is 0.584. The molecule has 1 aliphatic heterocycles. The maximum atomic E-state index is 11.2. The van der Waals surface area contributed by atoms with Crippen LogP contribution in [0.2, 0.25) is 0 Å². The standard InChI is InChI=1S/C8H11N3O2/c1-13-8(12)11-5-4-10-3-2-9-7(10)6-11/h2-3H,4-6H2,1H3. The number of fused-ring (bicyclic) bond motifs is 1. The molecule has 5 nitrogen and oxygen atoms in total. The van der Waals surface area contributed by atoms with Gasteiger partial charge in [0, 0.05) is 25.5 Å². The number of hydrogen-bond acceptors (Lipinski definition) is 3. The minimum absolute atomic E-state index is 0.283. The number of carbonyl (C=O) groups excluding carboxylic acids is 1. The fourth-order valence-electron chi connectivity index (χ4n) is 1.46. The summed E-state index contributed by atoms with van der Waals surface area (Å²) in [5.41, 5.74) is 0. The van der Waals surface area contributed by atoms with Gasteiger partial charge < -0.3 is 9.30 Å². The van der Waals surface area contributed by atoms with Gasteiger partial charge in [-0.2, -0.15) is 0 Å². The average molecular weight is 181 g/mol. The minimum atomic E-state index is -0.283. The van der Waals surface area contributed by atoms with Gasteiger partial charge in [0.05, 0.1) is 13.7 Å². The molecular formula is C8H11N3O2. The molecule has 0 unspecified atom stereocenters. The van der Waals surface area contributed by atoms with Gasteiger partial charge in [-0.05, 0) is 0 Å². The van der Waals surface area contributed by atoms with E-state index in [2.05, 4.69) is 9.72 Å². The van der Waals surface area contributed by atoms with Gasteiger partial charge in [-0.15, -0.1) is 0 Å². The van der Waals surface area contributed by atoms with Crippen molar-refractivity contribution in [1.82, 2.24) is 14.5 Å². The van der Waals surface area contributed by atoms with Crippen LogP contribution in [-0.4, -0.2) is 34.2 Å². The van der Waals surface area contributed by atoms with Crippen LogP contribution in [0.4, 0.5) is 4.79 Å². The lowest BCUT2D eigenvalue weighted by Gasteiger charge is -2.26. The molecule has 0 fully saturated rings. The van der Waals surface area contributed by atoms with Crippen LogP contribution < -0.4 is 0 Å². The normalized spacial score (nSPS) is 15.3. The Morgan fingerprint density at radius 1 is 1.62 bits per heavy atom. The molecule has 0 aromatic carbocycles. The molecule has 0 N–H and O–H groups in total. The van der Waals surface area contributed by atoms with E-state index < -0.39 is 0 Å². The number of nitrogens with zero attached hydrogens (tertiary/aromatic N) is 3. The van der Waals surface area contributed by atoms with E-state index in [-0.39, 0.29) is 6.09 Å². The van der Waals surface area contributed by atoms with Gasteiger partial charge in [-0.1, -0.05) is 0 Å². The Balaban J connectivity index is 2.13. The van der Waals surface area contributed by atoms with Crippen molar-refractivity contribution in [3.05, 3.63) is 18.2 Å². The predicted molar refractivity (Wildman–Crippen MR) is 45.0 cm³/mol. The summed E-state index contributed by atoms with van der Waals surface area (Å²) in [4.78, 5) is 16.9. The Hall–Kier alpha value is -1.52. The Morgan fingerprint density at radius 2 is 2.46 bits per heavy atom. The second-order valence-corrected chi connectivity index (χ2v) is 2.93. The van der Waals surface area contributed by atoms with Crippen LogP contribution in [0.3, 0.4) is 0 Å². The van der Waals surface area contributed by atoms with Crippen molar-refractivity contribution >= 4 is 6.09 Å². The third kappa shape index (κ3) is 1.37. The van der Waals surface area contributed by atoms with E-state index in [1.807, 2.05) is 10.8 Å². The number of aromatic nitrogens is 2. The maximum Gasteiger partial charge on any atom is 0.409 e. The van der Waals surface area contributed by atoms with Crippen LogP contribution in [0.25, 0.3) is 0 Å². The lowest BCUT2D eigenvalue weighted by Crippen LogP contribution is -2.38. The van der Waals surface area contributed by atoms with E-state index in [1.165, 1.54) is 7.11 Å². The number of rotatable bonds is 0. The molecule has 1 aliphatic rings. The van der Waals surface area contributed by atoms with E-state index in [1.54, 1.807) is 11.1 Å². The van der Waals surface area contributed by atoms with E-state index >= 15 is 0 Å². The van der Waals surface area contributed by atoms with Crippen LogP contribution in [-0.2, 0) is 17.8 Å². The summed E-state index contributed by atoms with van der Waals surface area (Å²) in [5, 5.41) is 0. The van der Waals surface area contributed by atoms with Gasteiger partial charge in [0.15, 0.2) is 0 Å². The van der Waals surface area contributed by atoms with Crippen molar-refractivity contribution in [3.8, 4) is 0 Å². The molecule has 2 heterocycles. The summed E-state index contributed by atoms with van der Waals surface area (Å²) < 4.78 is 6.67. The second kappa shape index (κ2) is 3.08. The molecule has 5 heteroatoms. The average Bonchev–Trinajstić information content (AvgIpc) is 2.63. The molecule has 13 heavy (non-hydrogen) atoms. The molecule has 0 spiro atoms. The van der Waals surface area contributed by atoms with Crippen LogP contribution >= 0.6 is 0 Å². The molecule has 2 rings (SSSR count). The van der Waals surface area contributed by atoms with Crippen molar-refractivity contribution in [1.29, 1.82) is 0 Å². The number of ether oxygens (including phenoxy) is 1. The van der Waals surface area contributed by atoms with E-state index in [9.17, 15) is 4.79 Å². The monoisotopic (exact) mass is 181 g/mol. The van der Waals surface area contributed by atoms with E-state index in [4.69, 9.17) is 0 Å². The summed E-state index contributed by atoms with van der Waals surface area (Å²) >= 11 is 0. The molecule has 0 atom stereocenters. The highest BCUT2D eigenvalue weighted by molar-refractivity contribution is 5.67. The van der Waals surface area contributed by atoms with Crippen molar-refractivity contribution < 1.29 is 9.53 Å². The van der Waals surface area contributed by atoms with Gasteiger partial charge >= 0.3 is 6.09 Å². The van der Waals surface area contributed by atoms with E-state index in [0.717, 1.165) is 12.4 Å². The Bertz CT molecular complexity index is 321. The Morgan fingerprint density at radius 3 is 3.23 bits per heavy atom. The summed E-state index contributed by atoms with van der Waals surface area (Å²) in [6.07, 6.45) is 3.38. The van der Waals surface area contributed by atoms with Crippen molar-refractivity contribution in [2.45, 2.75) is 13.1 Å². The van der Waals surface area contributed by atoms with Gasteiger partial charge in [0.25, 0.3) is 0 Å². The fourth-order valence-corrected chi connectivity index (χ4v) is 1.46. The van der Waals surface area contributed by atoms with Crippen molar-refractivity contribution in [2.24, 2.45) is 0 Å². The van der Waals surface area contributed by atoms with E-state index in [0.29, 0.717) is 13.1 Å². The van der Waals surface area contributed by atoms with Crippen LogP contribution in [0.1, 0.15) is 5.82 Å². The molecule has 1 aromatic heterocycles. The topological polar surface area (TPSA) is 47.4 Å². The third-order valence-corrected chi connectivity index (χ3v) is 2.18. The summed E-state index contributed by atoms with van der Waals surface area (Å²) in [6, 6.07) is 0. The number of hydrogen-bond donors (Lipinski definition) is 0. The van der Waals surface area contributed by atoms with Crippen LogP contribution in [0, 0.1) is 0 Å². The molecule has 0 radical (unpaired) electrons. The van der Waals surface area contributed by atoms with Gasteiger partial charge in [0.2, 0.25) is 0 Å². The molecular weight excluding hydrogens is 170 g/mol. The molecule has 1 aromatic rings. The highest BCUT2D eigenvalue weighted by Crippen LogP contribution is 2.10. The Kier molecular flexibility index (Phi) is 1.92. The molecule has 1 amide bonds. The highest BCUT2D eigenvalue weighted by atomic mass is 16.5. The highest BCUT2D eigenvalue weighted by Gasteiger charge is 2.20. The van der Waals surface area contributed by atoms with Gasteiger partial charge in [-0.25, -0.2) is 9.78 Å². The number of carbonyl (C=O) groups is 1. The summed E-state index contributed by atoms with van der Waals surface area (Å²) in [5.74, 6) is 0.914. The lowest BCUT2D eigenvalue weighted by atomic mass is 10.4. The van der Waals surface area contributed by atoms with Crippen LogP contribution in [0.5, 0.6) is 0 Å². The first kappa shape index (κ1) is 8.10. The Labute approximate surface area is 75.9 Å². The third-order valence-electron chi connectivity index (χ3n) is 2.18. The zero-order chi connectivity index (χ0) is 9.26. The number of methoxy groups -OCH3 is 1. The zero-order valence-corrected chi connectivity index (χ0v) is 7.43. The number of imidazole rings is 1. The van der Waals surface area contributed by atoms with Crippen molar-refractivity contribution in [2.75, 3.05) is 13.7 Å². The summed E-state index contributed by atoms with van der Waals surface area (Å²) in [7, 11) is 1.39. The second-order valence-electron chi connectivity index (χ2n) is 2.93. The molecule has 0 bridgehead atoms. The molecule has 0 saturated heterocycles. The first-order chi connectivity index (χ1) is 6.31. The molecule has 70 valence electrons. The van der Waals surface area contributed by atoms with Gasteiger partial charge in [-0.3, -0.25) is 4.90 Å². The molecule has 0 aliphatic carbocycles. The maximum absolute atomic E-state index is 11.2. The minimum Gasteiger partial charge on any atom is -0.453 e. The van der Waals surface area contributed by atoms with Gasteiger partial charge in [0.1, 0.15) is 5.82 Å². The fraction of sp³-hybridized carbons (Fsp3) is 0.500. The SMILES string of the molecule is COC(=O)N1CCn2ccnc2C1. The largest absolute Gasteiger partial charge is 0.453 e. The summed E-state index contributed by atoms with van der Waals surface area (Å²) in [6.45, 7) is 2.03. The first-order valence-electron chi connectivity index (χ1n) is 4.14. The number of amides is 1. The smallest absolute Gasteiger partial charge is 0.409 e. The van der Waals surface area contributed by atoms with Crippen LogP contribution in [0.15, 0.2) is 12.4 Å². The van der Waals surface area contributed by atoms with Crippen molar-refractivity contribution in [3.63, 3.8) is 0 Å². The lowest BCUT2D eigenvalue weighted by molar-refractivity contribution is 0.111. The first-order valence-corrected chi connectivity index (χ1v) is 4.14.